The maximum atomic E-state index is 13.5. The second-order valence-electron chi connectivity index (χ2n) is 5.44. The summed E-state index contributed by atoms with van der Waals surface area (Å²) in [7, 11) is 0. The van der Waals surface area contributed by atoms with Crippen LogP contribution in [0.5, 0.6) is 5.75 Å². The van der Waals surface area contributed by atoms with Crippen LogP contribution in [0.3, 0.4) is 0 Å². The van der Waals surface area contributed by atoms with Crippen molar-refractivity contribution in [2.24, 2.45) is 0 Å². The molecule has 0 unspecified atom stereocenters. The number of rotatable bonds is 5. The zero-order chi connectivity index (χ0) is 20.5. The molecule has 2 heterocycles. The van der Waals surface area contributed by atoms with Crippen molar-refractivity contribution in [3.63, 3.8) is 0 Å². The van der Waals surface area contributed by atoms with Crippen LogP contribution in [0.25, 0.3) is 16.9 Å². The van der Waals surface area contributed by atoms with Gasteiger partial charge in [-0.05, 0) is 25.1 Å². The van der Waals surface area contributed by atoms with Gasteiger partial charge in [-0.2, -0.15) is 27.1 Å². The van der Waals surface area contributed by atoms with Crippen LogP contribution in [0, 0.1) is 0 Å². The molecule has 0 N–H and O–H groups in total. The van der Waals surface area contributed by atoms with Crippen molar-refractivity contribution in [1.29, 1.82) is 0 Å². The molecular weight excluding hydrogens is 389 g/mol. The summed E-state index contributed by atoms with van der Waals surface area (Å²) in [6, 6.07) is 5.75. The van der Waals surface area contributed by atoms with E-state index in [9.17, 15) is 26.7 Å². The molecule has 3 rings (SSSR count). The molecule has 0 atom stereocenters. The van der Waals surface area contributed by atoms with Gasteiger partial charge in [-0.1, -0.05) is 12.1 Å². The maximum absolute atomic E-state index is 13.5. The number of aromatic nitrogens is 3. The quantitative estimate of drug-likeness (QED) is 0.474. The topological polar surface area (TPSA) is 65.7 Å². The Hall–Kier alpha value is -3.24. The minimum Gasteiger partial charge on any atom is -0.462 e. The molecule has 0 saturated carbocycles. The van der Waals surface area contributed by atoms with Gasteiger partial charge < -0.3 is 9.47 Å². The lowest BCUT2D eigenvalue weighted by atomic mass is 10.1. The van der Waals surface area contributed by atoms with Gasteiger partial charge in [0.05, 0.1) is 18.5 Å². The predicted molar refractivity (Wildman–Crippen MR) is 86.0 cm³/mol. The van der Waals surface area contributed by atoms with Gasteiger partial charge in [0.15, 0.2) is 11.3 Å². The van der Waals surface area contributed by atoms with Crippen LogP contribution in [-0.4, -0.2) is 33.8 Å². The fourth-order valence-corrected chi connectivity index (χ4v) is 2.50. The predicted octanol–water partition coefficient (Wildman–Crippen LogP) is 4.19. The lowest BCUT2D eigenvalue weighted by molar-refractivity contribution is -0.142. The number of benzene rings is 1. The minimum atomic E-state index is -4.81. The van der Waals surface area contributed by atoms with Crippen LogP contribution in [0.4, 0.5) is 22.0 Å². The van der Waals surface area contributed by atoms with Gasteiger partial charge in [0.1, 0.15) is 11.3 Å². The monoisotopic (exact) mass is 401 g/mol. The normalized spacial score (nSPS) is 11.8. The van der Waals surface area contributed by atoms with Crippen molar-refractivity contribution in [3.05, 3.63) is 47.8 Å². The van der Waals surface area contributed by atoms with E-state index in [1.54, 1.807) is 0 Å². The Morgan fingerprint density at radius 3 is 2.64 bits per heavy atom. The number of halogens is 5. The summed E-state index contributed by atoms with van der Waals surface area (Å²) in [4.78, 5) is 16.1. The molecule has 11 heteroatoms. The Balaban J connectivity index is 2.20. The van der Waals surface area contributed by atoms with Crippen molar-refractivity contribution in [1.82, 2.24) is 14.6 Å². The molecule has 0 saturated heterocycles. The summed E-state index contributed by atoms with van der Waals surface area (Å²) < 4.78 is 74.9. The average molecular weight is 401 g/mol. The van der Waals surface area contributed by atoms with Gasteiger partial charge in [0, 0.05) is 5.56 Å². The van der Waals surface area contributed by atoms with E-state index in [1.807, 2.05) is 0 Å². The lowest BCUT2D eigenvalue weighted by Crippen LogP contribution is -2.14. The summed E-state index contributed by atoms with van der Waals surface area (Å²) >= 11 is 0. The van der Waals surface area contributed by atoms with Gasteiger partial charge in [-0.15, -0.1) is 0 Å². The number of carbonyl (C=O) groups is 1. The van der Waals surface area contributed by atoms with Gasteiger partial charge in [-0.25, -0.2) is 14.3 Å². The van der Waals surface area contributed by atoms with Crippen LogP contribution >= 0.6 is 0 Å². The Kier molecular flexibility index (Phi) is 5.16. The van der Waals surface area contributed by atoms with Gasteiger partial charge in [-0.3, -0.25) is 0 Å². The number of nitrogens with zero attached hydrogens (tertiary/aromatic N) is 3. The van der Waals surface area contributed by atoms with Crippen LogP contribution in [0.2, 0.25) is 0 Å². The second kappa shape index (κ2) is 7.41. The molecule has 0 amide bonds. The second-order valence-corrected chi connectivity index (χ2v) is 5.44. The fourth-order valence-electron chi connectivity index (χ4n) is 2.50. The number of alkyl halides is 5. The third-order valence-electron chi connectivity index (χ3n) is 3.61. The number of hydrogen-bond acceptors (Lipinski definition) is 5. The van der Waals surface area contributed by atoms with Crippen LogP contribution in [-0.2, 0) is 10.9 Å². The highest BCUT2D eigenvalue weighted by atomic mass is 19.4. The smallest absolute Gasteiger partial charge is 0.433 e. The first kappa shape index (κ1) is 19.5. The zero-order valence-corrected chi connectivity index (χ0v) is 14.2. The highest BCUT2D eigenvalue weighted by Gasteiger charge is 2.36. The first-order chi connectivity index (χ1) is 13.2. The molecule has 0 spiro atoms. The van der Waals surface area contributed by atoms with Crippen molar-refractivity contribution >= 4 is 11.6 Å². The molecule has 0 radical (unpaired) electrons. The van der Waals surface area contributed by atoms with Crippen molar-refractivity contribution < 1.29 is 36.2 Å². The Bertz CT molecular complexity index is 1020. The Labute approximate surface area is 154 Å². The first-order valence-corrected chi connectivity index (χ1v) is 7.89. The van der Waals surface area contributed by atoms with E-state index in [2.05, 4.69) is 14.8 Å². The number of esters is 1. The van der Waals surface area contributed by atoms with E-state index >= 15 is 0 Å². The number of fused-ring (bicyclic) bond motifs is 1. The Morgan fingerprint density at radius 1 is 1.25 bits per heavy atom. The first-order valence-electron chi connectivity index (χ1n) is 7.89. The highest BCUT2D eigenvalue weighted by Crippen LogP contribution is 2.33. The number of hydrogen-bond donors (Lipinski definition) is 0. The maximum Gasteiger partial charge on any atom is 0.433 e. The SMILES string of the molecule is CCOC(=O)c1cnn2c(C(F)(F)F)cc(-c3cccc(OC(F)F)c3)nc12. The van der Waals surface area contributed by atoms with E-state index in [1.165, 1.54) is 25.1 Å². The van der Waals surface area contributed by atoms with E-state index in [0.717, 1.165) is 12.3 Å². The molecule has 2 aromatic heterocycles. The molecule has 6 nitrogen and oxygen atoms in total. The summed E-state index contributed by atoms with van der Waals surface area (Å²) in [5, 5.41) is 3.59. The molecule has 3 aromatic rings. The highest BCUT2D eigenvalue weighted by molar-refractivity contribution is 5.96. The molecule has 28 heavy (non-hydrogen) atoms. The van der Waals surface area contributed by atoms with Gasteiger partial charge >= 0.3 is 18.8 Å². The molecule has 0 fully saturated rings. The molecule has 0 aliphatic carbocycles. The van der Waals surface area contributed by atoms with Gasteiger partial charge in [0.2, 0.25) is 0 Å². The zero-order valence-electron chi connectivity index (χ0n) is 14.2. The fraction of sp³-hybridized carbons (Fsp3) is 0.235. The van der Waals surface area contributed by atoms with Crippen LogP contribution in [0.15, 0.2) is 36.5 Å². The van der Waals surface area contributed by atoms with Crippen LogP contribution < -0.4 is 4.74 Å². The largest absolute Gasteiger partial charge is 0.462 e. The van der Waals surface area contributed by atoms with Crippen molar-refractivity contribution in [2.75, 3.05) is 6.61 Å². The standard InChI is InChI=1S/C17H12F5N3O3/c1-2-27-15(26)11-8-23-25-13(17(20,21)22)7-12(24-14(11)25)9-4-3-5-10(6-9)28-16(18)19/h3-8,16H,2H2,1H3. The molecule has 0 aliphatic heterocycles. The summed E-state index contributed by atoms with van der Waals surface area (Å²) in [6.45, 7) is -1.55. The van der Waals surface area contributed by atoms with Crippen LogP contribution in [0.1, 0.15) is 23.0 Å². The molecule has 0 bridgehead atoms. The third kappa shape index (κ3) is 3.87. The Morgan fingerprint density at radius 2 is 2.00 bits per heavy atom. The van der Waals surface area contributed by atoms with Gasteiger partial charge in [0.25, 0.3) is 0 Å². The lowest BCUT2D eigenvalue weighted by Gasteiger charge is -2.12. The minimum absolute atomic E-state index is 0.00893. The van der Waals surface area contributed by atoms with E-state index in [0.29, 0.717) is 10.6 Å². The summed E-state index contributed by atoms with van der Waals surface area (Å²) in [5.41, 5.74) is -1.94. The van der Waals surface area contributed by atoms with E-state index in [4.69, 9.17) is 4.74 Å². The van der Waals surface area contributed by atoms with Crippen molar-refractivity contribution in [2.45, 2.75) is 19.7 Å². The molecule has 1 aromatic carbocycles. The average Bonchev–Trinajstić information content (AvgIpc) is 3.04. The molecule has 148 valence electrons. The van der Waals surface area contributed by atoms with Crippen molar-refractivity contribution in [3.8, 4) is 17.0 Å². The number of ether oxygens (including phenoxy) is 2. The van der Waals surface area contributed by atoms with E-state index < -0.39 is 24.5 Å². The summed E-state index contributed by atoms with van der Waals surface area (Å²) in [5.74, 6) is -1.13. The molecule has 0 aliphatic rings. The number of carbonyl (C=O) groups excluding carboxylic acids is 1. The third-order valence-corrected chi connectivity index (χ3v) is 3.61. The van der Waals surface area contributed by atoms with E-state index in [-0.39, 0.29) is 34.8 Å². The summed E-state index contributed by atoms with van der Waals surface area (Å²) in [6.07, 6.45) is -3.89. The molecular formula is C17H12F5N3O3.